The van der Waals surface area contributed by atoms with E-state index < -0.39 is 0 Å². The fourth-order valence-corrected chi connectivity index (χ4v) is 2.49. The first-order chi connectivity index (χ1) is 8.15. The second-order valence-electron chi connectivity index (χ2n) is 3.63. The third-order valence-corrected chi connectivity index (χ3v) is 3.72. The molecule has 2 nitrogen and oxygen atoms in total. The molecule has 0 atom stereocenters. The van der Waals surface area contributed by atoms with Gasteiger partial charge >= 0.3 is 0 Å². The van der Waals surface area contributed by atoms with Crippen molar-refractivity contribution in [2.75, 3.05) is 11.9 Å². The fraction of sp³-hybridized carbons (Fsp3) is 0.417. The van der Waals surface area contributed by atoms with Crippen molar-refractivity contribution in [3.63, 3.8) is 0 Å². The van der Waals surface area contributed by atoms with Crippen molar-refractivity contribution in [1.82, 2.24) is 5.32 Å². The number of halogens is 3. The van der Waals surface area contributed by atoms with Gasteiger partial charge in [-0.3, -0.25) is 4.79 Å². The van der Waals surface area contributed by atoms with Crippen molar-refractivity contribution in [2.24, 2.45) is 0 Å². The highest BCUT2D eigenvalue weighted by Gasteiger charge is 2.09. The van der Waals surface area contributed by atoms with Gasteiger partial charge in [-0.15, -0.1) is 0 Å². The Labute approximate surface area is 123 Å². The lowest BCUT2D eigenvalue weighted by Gasteiger charge is -2.06. The average Bonchev–Trinajstić information content (AvgIpc) is 2.28. The normalized spacial score (nSPS) is 10.3. The molecule has 0 aliphatic carbocycles. The Hall–Kier alpha value is -0.170. The van der Waals surface area contributed by atoms with Crippen molar-refractivity contribution < 1.29 is 9.18 Å². The van der Waals surface area contributed by atoms with E-state index in [1.165, 1.54) is 18.2 Å². The molecule has 0 fully saturated rings. The van der Waals surface area contributed by atoms with Gasteiger partial charge in [0.25, 0.3) is 5.91 Å². The molecule has 0 aliphatic rings. The summed E-state index contributed by atoms with van der Waals surface area (Å²) < 4.78 is 13.5. The fourth-order valence-electron chi connectivity index (χ4n) is 1.37. The van der Waals surface area contributed by atoms with Gasteiger partial charge < -0.3 is 5.32 Å². The Bertz CT molecular complexity index is 387. The summed E-state index contributed by atoms with van der Waals surface area (Å²) in [6, 6.07) is 4.19. The molecule has 0 saturated heterocycles. The summed E-state index contributed by atoms with van der Waals surface area (Å²) in [5, 5.41) is 3.83. The molecule has 0 saturated carbocycles. The van der Waals surface area contributed by atoms with Crippen LogP contribution < -0.4 is 5.32 Å². The van der Waals surface area contributed by atoms with Gasteiger partial charge in [-0.1, -0.05) is 22.4 Å². The van der Waals surface area contributed by atoms with Gasteiger partial charge in [0.2, 0.25) is 0 Å². The maximum atomic E-state index is 12.9. The lowest BCUT2D eigenvalue weighted by Crippen LogP contribution is -2.25. The monoisotopic (exact) mass is 413 g/mol. The zero-order valence-electron chi connectivity index (χ0n) is 9.31. The van der Waals surface area contributed by atoms with Crippen LogP contribution in [0.4, 0.5) is 4.39 Å². The summed E-state index contributed by atoms with van der Waals surface area (Å²) in [4.78, 5) is 11.8. The Morgan fingerprint density at radius 2 is 2.12 bits per heavy atom. The highest BCUT2D eigenvalue weighted by atomic mass is 127. The van der Waals surface area contributed by atoms with Gasteiger partial charge in [0.1, 0.15) is 5.82 Å². The van der Waals surface area contributed by atoms with E-state index in [2.05, 4.69) is 21.2 Å². The van der Waals surface area contributed by atoms with Crippen LogP contribution in [0.1, 0.15) is 29.6 Å². The van der Waals surface area contributed by atoms with Crippen LogP contribution in [0.15, 0.2) is 18.2 Å². The molecule has 1 N–H and O–H groups in total. The van der Waals surface area contributed by atoms with E-state index in [-0.39, 0.29) is 11.7 Å². The largest absolute Gasteiger partial charge is 0.352 e. The standard InChI is InChI=1S/C12H14BrFINO/c13-6-2-1-3-7-16-12(17)10-5-4-9(14)8-11(10)15/h4-5,8H,1-3,6-7H2,(H,16,17). The van der Waals surface area contributed by atoms with Crippen molar-refractivity contribution in [3.8, 4) is 0 Å². The van der Waals surface area contributed by atoms with E-state index in [0.29, 0.717) is 15.7 Å². The highest BCUT2D eigenvalue weighted by molar-refractivity contribution is 14.1. The minimum absolute atomic E-state index is 0.131. The minimum Gasteiger partial charge on any atom is -0.352 e. The summed E-state index contributed by atoms with van der Waals surface area (Å²) in [5.74, 6) is -0.448. The Kier molecular flexibility index (Phi) is 7.03. The molecule has 1 rings (SSSR count). The van der Waals surface area contributed by atoms with Crippen LogP contribution in [0.5, 0.6) is 0 Å². The van der Waals surface area contributed by atoms with Crippen molar-refractivity contribution >= 4 is 44.4 Å². The number of nitrogens with one attached hydrogen (secondary N) is 1. The SMILES string of the molecule is O=C(NCCCCCBr)c1ccc(F)cc1I. The molecule has 17 heavy (non-hydrogen) atoms. The van der Waals surface area contributed by atoms with Crippen molar-refractivity contribution in [2.45, 2.75) is 19.3 Å². The molecule has 1 aromatic rings. The van der Waals surface area contributed by atoms with Gasteiger partial charge in [0.05, 0.1) is 5.56 Å². The second kappa shape index (κ2) is 8.02. The van der Waals surface area contributed by atoms with Gasteiger partial charge in [0, 0.05) is 15.4 Å². The summed E-state index contributed by atoms with van der Waals surface area (Å²) in [6.45, 7) is 0.666. The molecular weight excluding hydrogens is 400 g/mol. The van der Waals surface area contributed by atoms with Crippen LogP contribution in [0.25, 0.3) is 0 Å². The number of unbranched alkanes of at least 4 members (excludes halogenated alkanes) is 2. The van der Waals surface area contributed by atoms with Gasteiger partial charge in [-0.25, -0.2) is 4.39 Å². The third kappa shape index (κ3) is 5.33. The molecule has 1 aromatic carbocycles. The van der Waals surface area contributed by atoms with E-state index >= 15 is 0 Å². The predicted octanol–water partition coefficient (Wildman–Crippen LogP) is 3.73. The highest BCUT2D eigenvalue weighted by Crippen LogP contribution is 2.13. The zero-order chi connectivity index (χ0) is 12.7. The van der Waals surface area contributed by atoms with E-state index in [1.807, 2.05) is 22.6 Å². The number of alkyl halides is 1. The van der Waals surface area contributed by atoms with Gasteiger partial charge in [-0.2, -0.15) is 0 Å². The van der Waals surface area contributed by atoms with Crippen LogP contribution in [-0.4, -0.2) is 17.8 Å². The average molecular weight is 414 g/mol. The third-order valence-electron chi connectivity index (χ3n) is 2.27. The number of carbonyl (C=O) groups excluding carboxylic acids is 1. The second-order valence-corrected chi connectivity index (χ2v) is 5.58. The quantitative estimate of drug-likeness (QED) is 0.429. The van der Waals surface area contributed by atoms with E-state index in [1.54, 1.807) is 0 Å². The van der Waals surface area contributed by atoms with E-state index in [9.17, 15) is 9.18 Å². The molecule has 0 aliphatic heterocycles. The molecule has 0 bridgehead atoms. The maximum Gasteiger partial charge on any atom is 0.252 e. The summed E-state index contributed by atoms with van der Waals surface area (Å²) in [6.07, 6.45) is 3.17. The smallest absolute Gasteiger partial charge is 0.252 e. The topological polar surface area (TPSA) is 29.1 Å². The summed E-state index contributed by atoms with van der Waals surface area (Å²) >= 11 is 5.33. The minimum atomic E-state index is -0.316. The first-order valence-electron chi connectivity index (χ1n) is 5.44. The Morgan fingerprint density at radius 1 is 1.35 bits per heavy atom. The number of hydrogen-bond donors (Lipinski definition) is 1. The summed E-state index contributed by atoms with van der Waals surface area (Å²) in [5.41, 5.74) is 0.535. The van der Waals surface area contributed by atoms with Gasteiger partial charge in [0.15, 0.2) is 0 Å². The zero-order valence-corrected chi connectivity index (χ0v) is 13.1. The van der Waals surface area contributed by atoms with Crippen molar-refractivity contribution in [3.05, 3.63) is 33.1 Å². The first kappa shape index (κ1) is 14.9. The molecule has 1 amide bonds. The van der Waals surface area contributed by atoms with E-state index in [4.69, 9.17) is 0 Å². The van der Waals surface area contributed by atoms with Crippen LogP contribution >= 0.6 is 38.5 Å². The number of hydrogen-bond acceptors (Lipinski definition) is 1. The molecular formula is C12H14BrFINO. The lowest BCUT2D eigenvalue weighted by atomic mass is 10.2. The molecule has 94 valence electrons. The molecule has 0 heterocycles. The Balaban J connectivity index is 2.42. The number of amides is 1. The maximum absolute atomic E-state index is 12.9. The van der Waals surface area contributed by atoms with Crippen LogP contribution in [0, 0.1) is 9.39 Å². The number of benzene rings is 1. The molecule has 5 heteroatoms. The number of rotatable bonds is 6. The molecule has 0 spiro atoms. The number of carbonyl (C=O) groups is 1. The van der Waals surface area contributed by atoms with Crippen LogP contribution in [-0.2, 0) is 0 Å². The first-order valence-corrected chi connectivity index (χ1v) is 7.64. The van der Waals surface area contributed by atoms with E-state index in [0.717, 1.165) is 24.6 Å². The van der Waals surface area contributed by atoms with Gasteiger partial charge in [-0.05, 0) is 53.6 Å². The molecule has 0 unspecified atom stereocenters. The molecule has 0 radical (unpaired) electrons. The van der Waals surface area contributed by atoms with Crippen molar-refractivity contribution in [1.29, 1.82) is 0 Å². The van der Waals surface area contributed by atoms with Crippen LogP contribution in [0.3, 0.4) is 0 Å². The lowest BCUT2D eigenvalue weighted by molar-refractivity contribution is 0.0952. The molecule has 0 aromatic heterocycles. The Morgan fingerprint density at radius 3 is 2.76 bits per heavy atom. The predicted molar refractivity (Wildman–Crippen MR) is 79.1 cm³/mol. The van der Waals surface area contributed by atoms with Crippen LogP contribution in [0.2, 0.25) is 0 Å². The summed E-state index contributed by atoms with van der Waals surface area (Å²) in [7, 11) is 0.